The summed E-state index contributed by atoms with van der Waals surface area (Å²) >= 11 is 0. The Morgan fingerprint density at radius 1 is 1.45 bits per heavy atom. The van der Waals surface area contributed by atoms with Crippen LogP contribution < -0.4 is 10.1 Å². The third-order valence-corrected chi connectivity index (χ3v) is 3.79. The molecule has 0 spiro atoms. The highest BCUT2D eigenvalue weighted by molar-refractivity contribution is 5.94. The Balaban J connectivity index is 1.95. The molecule has 0 heterocycles. The summed E-state index contributed by atoms with van der Waals surface area (Å²) in [4.78, 5) is 12.3. The third kappa shape index (κ3) is 5.19. The maximum absolute atomic E-state index is 12.3. The molecular weight excluding hydrogens is 278 g/mol. The van der Waals surface area contributed by atoms with Gasteiger partial charge in [0, 0.05) is 18.2 Å². The van der Waals surface area contributed by atoms with Crippen molar-refractivity contribution in [1.82, 2.24) is 5.32 Å². The molecule has 1 aromatic rings. The fourth-order valence-corrected chi connectivity index (χ4v) is 2.35. The van der Waals surface area contributed by atoms with Gasteiger partial charge in [0.2, 0.25) is 0 Å². The van der Waals surface area contributed by atoms with Crippen LogP contribution in [0.25, 0.3) is 0 Å². The van der Waals surface area contributed by atoms with E-state index in [1.165, 1.54) is 5.57 Å². The molecule has 2 rings (SSSR count). The van der Waals surface area contributed by atoms with Crippen molar-refractivity contribution in [3.05, 3.63) is 41.5 Å². The molecule has 1 amide bonds. The SMILES string of the molecule is CC(C)=CCOc1cccc(C(=O)NC(CCO)C2CC2)c1. The average Bonchev–Trinajstić information content (AvgIpc) is 3.31. The number of carbonyl (C=O) groups is 1. The average molecular weight is 303 g/mol. The molecule has 1 aromatic carbocycles. The van der Waals surface area contributed by atoms with Gasteiger partial charge in [-0.05, 0) is 63.3 Å². The molecule has 1 aliphatic rings. The minimum Gasteiger partial charge on any atom is -0.490 e. The first-order valence-corrected chi connectivity index (χ1v) is 7.88. The molecule has 120 valence electrons. The summed E-state index contributed by atoms with van der Waals surface area (Å²) in [6.07, 6.45) is 4.89. The number of ether oxygens (including phenoxy) is 1. The molecule has 2 N–H and O–H groups in total. The fourth-order valence-electron chi connectivity index (χ4n) is 2.35. The number of aliphatic hydroxyl groups excluding tert-OH is 1. The first kappa shape index (κ1) is 16.6. The molecule has 1 unspecified atom stereocenters. The number of nitrogens with one attached hydrogen (secondary N) is 1. The monoisotopic (exact) mass is 303 g/mol. The Kier molecular flexibility index (Phi) is 6.01. The van der Waals surface area contributed by atoms with Gasteiger partial charge in [-0.3, -0.25) is 4.79 Å². The van der Waals surface area contributed by atoms with E-state index in [0.29, 0.717) is 30.3 Å². The van der Waals surface area contributed by atoms with Crippen molar-refractivity contribution in [3.63, 3.8) is 0 Å². The van der Waals surface area contributed by atoms with Crippen molar-refractivity contribution >= 4 is 5.91 Å². The molecule has 0 aromatic heterocycles. The molecular formula is C18H25NO3. The zero-order chi connectivity index (χ0) is 15.9. The third-order valence-electron chi connectivity index (χ3n) is 3.79. The summed E-state index contributed by atoms with van der Waals surface area (Å²) < 4.78 is 5.62. The Labute approximate surface area is 132 Å². The highest BCUT2D eigenvalue weighted by Gasteiger charge is 2.31. The summed E-state index contributed by atoms with van der Waals surface area (Å²) in [5.41, 5.74) is 1.79. The molecule has 0 radical (unpaired) electrons. The highest BCUT2D eigenvalue weighted by atomic mass is 16.5. The fraction of sp³-hybridized carbons (Fsp3) is 0.500. The summed E-state index contributed by atoms with van der Waals surface area (Å²) in [5, 5.41) is 12.1. The van der Waals surface area contributed by atoms with Crippen LogP contribution in [0.4, 0.5) is 0 Å². The van der Waals surface area contributed by atoms with E-state index in [4.69, 9.17) is 9.84 Å². The zero-order valence-corrected chi connectivity index (χ0v) is 13.3. The van der Waals surface area contributed by atoms with Crippen LogP contribution in [-0.2, 0) is 0 Å². The van der Waals surface area contributed by atoms with E-state index in [2.05, 4.69) is 5.32 Å². The van der Waals surface area contributed by atoms with Gasteiger partial charge in [0.25, 0.3) is 5.91 Å². The quantitative estimate of drug-likeness (QED) is 0.726. The van der Waals surface area contributed by atoms with Gasteiger partial charge in [-0.15, -0.1) is 0 Å². The van der Waals surface area contributed by atoms with E-state index >= 15 is 0 Å². The normalized spacial score (nSPS) is 15.0. The minimum atomic E-state index is -0.0991. The smallest absolute Gasteiger partial charge is 0.251 e. The standard InChI is InChI=1S/C18H25NO3/c1-13(2)9-11-22-16-5-3-4-15(12-16)18(21)19-17(8-10-20)14-6-7-14/h3-5,9,12,14,17,20H,6-8,10-11H2,1-2H3,(H,19,21). The van der Waals surface area contributed by atoms with Crippen LogP contribution in [-0.4, -0.2) is 30.3 Å². The van der Waals surface area contributed by atoms with Crippen LogP contribution >= 0.6 is 0 Å². The summed E-state index contributed by atoms with van der Waals surface area (Å²) in [6, 6.07) is 7.29. The lowest BCUT2D eigenvalue weighted by atomic mass is 10.1. The predicted molar refractivity (Wildman–Crippen MR) is 87.0 cm³/mol. The summed E-state index contributed by atoms with van der Waals surface area (Å²) in [5.74, 6) is 1.11. The lowest BCUT2D eigenvalue weighted by Crippen LogP contribution is -2.37. The topological polar surface area (TPSA) is 58.6 Å². The van der Waals surface area contributed by atoms with Crippen LogP contribution in [0.15, 0.2) is 35.9 Å². The molecule has 0 saturated heterocycles. The second-order valence-electron chi connectivity index (χ2n) is 6.05. The molecule has 22 heavy (non-hydrogen) atoms. The Morgan fingerprint density at radius 3 is 2.86 bits per heavy atom. The molecule has 1 fully saturated rings. The number of hydrogen-bond acceptors (Lipinski definition) is 3. The molecule has 4 nitrogen and oxygen atoms in total. The maximum atomic E-state index is 12.3. The molecule has 0 bridgehead atoms. The lowest BCUT2D eigenvalue weighted by molar-refractivity contribution is 0.0924. The first-order chi connectivity index (χ1) is 10.6. The lowest BCUT2D eigenvalue weighted by Gasteiger charge is -2.17. The Bertz CT molecular complexity index is 531. The summed E-state index contributed by atoms with van der Waals surface area (Å²) in [7, 11) is 0. The number of aliphatic hydroxyl groups is 1. The predicted octanol–water partition coefficient (Wildman–Crippen LogP) is 2.92. The van der Waals surface area contributed by atoms with Gasteiger partial charge in [0.15, 0.2) is 0 Å². The van der Waals surface area contributed by atoms with Crippen molar-refractivity contribution < 1.29 is 14.6 Å². The number of benzene rings is 1. The van der Waals surface area contributed by atoms with E-state index in [-0.39, 0.29) is 18.6 Å². The van der Waals surface area contributed by atoms with Crippen LogP contribution in [0.3, 0.4) is 0 Å². The van der Waals surface area contributed by atoms with Crippen LogP contribution in [0.5, 0.6) is 5.75 Å². The largest absolute Gasteiger partial charge is 0.490 e. The van der Waals surface area contributed by atoms with E-state index < -0.39 is 0 Å². The van der Waals surface area contributed by atoms with Gasteiger partial charge in [0.1, 0.15) is 12.4 Å². The summed E-state index contributed by atoms with van der Waals surface area (Å²) in [6.45, 7) is 4.65. The van der Waals surface area contributed by atoms with Crippen molar-refractivity contribution in [3.8, 4) is 5.75 Å². The van der Waals surface area contributed by atoms with Gasteiger partial charge in [-0.25, -0.2) is 0 Å². The number of carbonyl (C=O) groups excluding carboxylic acids is 1. The van der Waals surface area contributed by atoms with Crippen LogP contribution in [0, 0.1) is 5.92 Å². The maximum Gasteiger partial charge on any atom is 0.251 e. The van der Waals surface area contributed by atoms with E-state index in [1.54, 1.807) is 12.1 Å². The van der Waals surface area contributed by atoms with E-state index in [0.717, 1.165) is 12.8 Å². The number of amides is 1. The Hall–Kier alpha value is -1.81. The second kappa shape index (κ2) is 7.99. The van der Waals surface area contributed by atoms with Gasteiger partial charge < -0.3 is 15.2 Å². The van der Waals surface area contributed by atoms with Crippen molar-refractivity contribution in [2.24, 2.45) is 5.92 Å². The van der Waals surface area contributed by atoms with Gasteiger partial charge in [0.05, 0.1) is 0 Å². The number of rotatable bonds is 8. The van der Waals surface area contributed by atoms with Crippen molar-refractivity contribution in [2.75, 3.05) is 13.2 Å². The molecule has 1 saturated carbocycles. The molecule has 0 aliphatic heterocycles. The van der Waals surface area contributed by atoms with Crippen LogP contribution in [0.1, 0.15) is 43.5 Å². The van der Waals surface area contributed by atoms with Crippen molar-refractivity contribution in [1.29, 1.82) is 0 Å². The molecule has 1 atom stereocenters. The number of hydrogen-bond donors (Lipinski definition) is 2. The zero-order valence-electron chi connectivity index (χ0n) is 13.3. The van der Waals surface area contributed by atoms with Crippen LogP contribution in [0.2, 0.25) is 0 Å². The van der Waals surface area contributed by atoms with E-state index in [9.17, 15) is 4.79 Å². The first-order valence-electron chi connectivity index (χ1n) is 7.88. The highest BCUT2D eigenvalue weighted by Crippen LogP contribution is 2.34. The molecule has 4 heteroatoms. The number of allylic oxidation sites excluding steroid dienone is 1. The molecule has 1 aliphatic carbocycles. The van der Waals surface area contributed by atoms with Crippen molar-refractivity contribution in [2.45, 2.75) is 39.2 Å². The van der Waals surface area contributed by atoms with E-state index in [1.807, 2.05) is 32.1 Å². The second-order valence-corrected chi connectivity index (χ2v) is 6.05. The van der Waals surface area contributed by atoms with Gasteiger partial charge in [-0.2, -0.15) is 0 Å². The van der Waals surface area contributed by atoms with Gasteiger partial charge >= 0.3 is 0 Å². The van der Waals surface area contributed by atoms with Gasteiger partial charge in [-0.1, -0.05) is 11.6 Å². The minimum absolute atomic E-state index is 0.0766. The Morgan fingerprint density at radius 2 is 2.23 bits per heavy atom.